The number of amides is 1. The van der Waals surface area contributed by atoms with Crippen LogP contribution in [0.25, 0.3) is 0 Å². The van der Waals surface area contributed by atoms with Crippen molar-refractivity contribution in [2.24, 2.45) is 0 Å². The van der Waals surface area contributed by atoms with Gasteiger partial charge < -0.3 is 14.7 Å². The van der Waals surface area contributed by atoms with Crippen molar-refractivity contribution in [3.63, 3.8) is 0 Å². The normalized spacial score (nSPS) is 26.3. The molecule has 1 amide bonds. The van der Waals surface area contributed by atoms with Crippen LogP contribution in [0.2, 0.25) is 0 Å². The van der Waals surface area contributed by atoms with Gasteiger partial charge in [0.2, 0.25) is 11.8 Å². The third-order valence-corrected chi connectivity index (χ3v) is 6.77. The maximum Gasteiger partial charge on any atom is 0.250 e. The van der Waals surface area contributed by atoms with E-state index in [0.29, 0.717) is 36.7 Å². The lowest BCUT2D eigenvalue weighted by Crippen LogP contribution is -2.38. The van der Waals surface area contributed by atoms with Crippen LogP contribution in [0.3, 0.4) is 0 Å². The molecule has 2 aliphatic rings. The van der Waals surface area contributed by atoms with Gasteiger partial charge in [0.1, 0.15) is 16.7 Å². The van der Waals surface area contributed by atoms with Crippen LogP contribution in [0.5, 0.6) is 0 Å². The molecule has 2 aliphatic heterocycles. The van der Waals surface area contributed by atoms with Crippen LogP contribution >= 0.6 is 11.8 Å². The highest BCUT2D eigenvalue weighted by Gasteiger charge is 2.56. The highest BCUT2D eigenvalue weighted by molar-refractivity contribution is 8.00. The summed E-state index contributed by atoms with van der Waals surface area (Å²) in [5.74, 6) is 1.60. The first-order valence-corrected chi connectivity index (χ1v) is 9.74. The number of nitrogens with zero attached hydrogens (tertiary/aromatic N) is 3. The Morgan fingerprint density at radius 3 is 2.96 bits per heavy atom. The summed E-state index contributed by atoms with van der Waals surface area (Å²) in [6, 6.07) is 6.43. The number of carbonyl (C=O) groups is 1. The van der Waals surface area contributed by atoms with E-state index in [9.17, 15) is 9.18 Å². The van der Waals surface area contributed by atoms with Crippen molar-refractivity contribution in [3.8, 4) is 0 Å². The minimum absolute atomic E-state index is 0.0765. The number of fused-ring (bicyclic) bond motifs is 1. The Morgan fingerprint density at radius 1 is 1.46 bits per heavy atom. The molecule has 8 heteroatoms. The molecule has 1 aromatic carbocycles. The SMILES string of the molecule is CNC(C)Cc1noc(C2CSC3(c4ccc(F)cc4)CCC(=O)N23)n1. The topological polar surface area (TPSA) is 71.3 Å². The lowest BCUT2D eigenvalue weighted by atomic mass is 10.0. The molecule has 0 spiro atoms. The van der Waals surface area contributed by atoms with Crippen LogP contribution in [0, 0.1) is 5.82 Å². The standard InChI is InChI=1S/C18H21FN4O2S/c1-11(20-2)9-15-21-17(25-22-15)14-10-26-18(8-7-16(24)23(14)18)12-3-5-13(19)6-4-12/h3-6,11,14,20H,7-10H2,1-2H3. The van der Waals surface area contributed by atoms with Crippen molar-refractivity contribution in [2.45, 2.75) is 43.1 Å². The molecule has 3 heterocycles. The minimum atomic E-state index is -0.470. The quantitative estimate of drug-likeness (QED) is 0.865. The van der Waals surface area contributed by atoms with Crippen molar-refractivity contribution in [1.82, 2.24) is 20.4 Å². The molecule has 0 saturated carbocycles. The molecule has 0 radical (unpaired) electrons. The summed E-state index contributed by atoms with van der Waals surface area (Å²) < 4.78 is 18.8. The third-order valence-electron chi connectivity index (χ3n) is 5.17. The molecule has 138 valence electrons. The van der Waals surface area contributed by atoms with Crippen LogP contribution in [0.1, 0.15) is 43.1 Å². The number of carbonyl (C=O) groups excluding carboxylic acids is 1. The fourth-order valence-electron chi connectivity index (χ4n) is 3.70. The number of halogens is 1. The maximum atomic E-state index is 13.3. The summed E-state index contributed by atoms with van der Waals surface area (Å²) in [5, 5.41) is 7.22. The van der Waals surface area contributed by atoms with E-state index in [-0.39, 0.29) is 23.8 Å². The highest BCUT2D eigenvalue weighted by atomic mass is 32.2. The predicted octanol–water partition coefficient (Wildman–Crippen LogP) is 2.62. The molecule has 3 unspecified atom stereocenters. The van der Waals surface area contributed by atoms with Gasteiger partial charge in [-0.3, -0.25) is 4.79 Å². The summed E-state index contributed by atoms with van der Waals surface area (Å²) in [5.41, 5.74) is 0.945. The van der Waals surface area contributed by atoms with Crippen molar-refractivity contribution in [3.05, 3.63) is 47.4 Å². The number of hydrogen-bond donors (Lipinski definition) is 1. The fraction of sp³-hybridized carbons (Fsp3) is 0.500. The van der Waals surface area contributed by atoms with Crippen molar-refractivity contribution < 1.29 is 13.7 Å². The number of hydrogen-bond acceptors (Lipinski definition) is 6. The lowest BCUT2D eigenvalue weighted by Gasteiger charge is -2.33. The summed E-state index contributed by atoms with van der Waals surface area (Å²) in [6.07, 6.45) is 1.84. The first-order valence-electron chi connectivity index (χ1n) is 8.75. The zero-order chi connectivity index (χ0) is 18.3. The van der Waals surface area contributed by atoms with E-state index in [1.807, 2.05) is 18.9 Å². The van der Waals surface area contributed by atoms with Crippen LogP contribution in [0.4, 0.5) is 4.39 Å². The van der Waals surface area contributed by atoms with Crippen LogP contribution in [-0.4, -0.2) is 39.8 Å². The summed E-state index contributed by atoms with van der Waals surface area (Å²) in [7, 11) is 1.89. The molecule has 26 heavy (non-hydrogen) atoms. The van der Waals surface area contributed by atoms with Crippen molar-refractivity contribution in [2.75, 3.05) is 12.8 Å². The maximum absolute atomic E-state index is 13.3. The summed E-state index contributed by atoms with van der Waals surface area (Å²) >= 11 is 1.70. The van der Waals surface area contributed by atoms with Gasteiger partial charge in [-0.25, -0.2) is 4.39 Å². The molecule has 4 rings (SSSR count). The number of benzene rings is 1. The second kappa shape index (κ2) is 6.66. The van der Waals surface area contributed by atoms with Gasteiger partial charge in [0.15, 0.2) is 5.82 Å². The fourth-order valence-corrected chi connectivity index (χ4v) is 5.34. The lowest BCUT2D eigenvalue weighted by molar-refractivity contribution is -0.131. The Labute approximate surface area is 155 Å². The van der Waals surface area contributed by atoms with Crippen molar-refractivity contribution in [1.29, 1.82) is 0 Å². The number of thioether (sulfide) groups is 1. The Kier molecular flexibility index (Phi) is 4.48. The molecule has 1 N–H and O–H groups in total. The van der Waals surface area contributed by atoms with E-state index in [2.05, 4.69) is 15.5 Å². The number of likely N-dealkylation sites (N-methyl/N-ethyl adjacent to an activating group) is 1. The third kappa shape index (κ3) is 2.81. The van der Waals surface area contributed by atoms with Gasteiger partial charge in [-0.2, -0.15) is 4.98 Å². The number of aromatic nitrogens is 2. The Hall–Kier alpha value is -1.93. The van der Waals surface area contributed by atoms with Gasteiger partial charge in [-0.15, -0.1) is 11.8 Å². The number of nitrogens with one attached hydrogen (secondary N) is 1. The van der Waals surface area contributed by atoms with Gasteiger partial charge in [-0.1, -0.05) is 17.3 Å². The molecule has 1 aromatic heterocycles. The van der Waals surface area contributed by atoms with Crippen LogP contribution in [0.15, 0.2) is 28.8 Å². The molecule has 0 bridgehead atoms. The molecule has 6 nitrogen and oxygen atoms in total. The van der Waals surface area contributed by atoms with Gasteiger partial charge >= 0.3 is 0 Å². The second-order valence-corrected chi connectivity index (χ2v) is 8.12. The van der Waals surface area contributed by atoms with Gasteiger partial charge in [0.25, 0.3) is 0 Å². The summed E-state index contributed by atoms with van der Waals surface area (Å²) in [4.78, 5) is 18.6. The van der Waals surface area contributed by atoms with E-state index < -0.39 is 4.87 Å². The van der Waals surface area contributed by atoms with E-state index in [1.54, 1.807) is 23.9 Å². The molecular weight excluding hydrogens is 355 g/mol. The molecule has 2 fully saturated rings. The minimum Gasteiger partial charge on any atom is -0.337 e. The molecule has 0 aliphatic carbocycles. The van der Waals surface area contributed by atoms with Crippen LogP contribution < -0.4 is 5.32 Å². The smallest absolute Gasteiger partial charge is 0.250 e. The highest BCUT2D eigenvalue weighted by Crippen LogP contribution is 2.58. The van der Waals surface area contributed by atoms with Gasteiger partial charge in [-0.05, 0) is 38.1 Å². The van der Waals surface area contributed by atoms with Gasteiger partial charge in [0.05, 0.1) is 0 Å². The Bertz CT molecular complexity index is 812. The predicted molar refractivity (Wildman–Crippen MR) is 95.9 cm³/mol. The molecule has 3 atom stereocenters. The average molecular weight is 376 g/mol. The Balaban J connectivity index is 1.63. The zero-order valence-corrected chi connectivity index (χ0v) is 15.6. The second-order valence-electron chi connectivity index (χ2n) is 6.82. The van der Waals surface area contributed by atoms with E-state index in [4.69, 9.17) is 4.52 Å². The molecular formula is C18H21FN4O2S. The van der Waals surface area contributed by atoms with Crippen molar-refractivity contribution >= 4 is 17.7 Å². The zero-order valence-electron chi connectivity index (χ0n) is 14.7. The first kappa shape index (κ1) is 17.5. The average Bonchev–Trinajstić information content (AvgIpc) is 3.32. The van der Waals surface area contributed by atoms with E-state index in [0.717, 1.165) is 5.56 Å². The summed E-state index contributed by atoms with van der Waals surface area (Å²) in [6.45, 7) is 2.05. The molecule has 2 aromatic rings. The number of rotatable bonds is 5. The van der Waals surface area contributed by atoms with E-state index in [1.165, 1.54) is 12.1 Å². The Morgan fingerprint density at radius 2 is 2.23 bits per heavy atom. The van der Waals surface area contributed by atoms with Gasteiger partial charge in [0, 0.05) is 24.6 Å². The van der Waals surface area contributed by atoms with Crippen LogP contribution in [-0.2, 0) is 16.1 Å². The molecule has 2 saturated heterocycles. The first-order chi connectivity index (χ1) is 12.5. The monoisotopic (exact) mass is 376 g/mol. The van der Waals surface area contributed by atoms with E-state index >= 15 is 0 Å². The largest absolute Gasteiger partial charge is 0.337 e.